The van der Waals surface area contributed by atoms with Crippen LogP contribution in [0.2, 0.25) is 0 Å². The van der Waals surface area contributed by atoms with Crippen LogP contribution >= 0.6 is 0 Å². The predicted molar refractivity (Wildman–Crippen MR) is 96.5 cm³/mol. The van der Waals surface area contributed by atoms with Crippen molar-refractivity contribution in [1.29, 1.82) is 0 Å². The molecule has 10 nitrogen and oxygen atoms in total. The molecule has 0 saturated carbocycles. The molecular weight excluding hydrogens is 360 g/mol. The molecule has 0 radical (unpaired) electrons. The maximum absolute atomic E-state index is 12.6. The van der Waals surface area contributed by atoms with Crippen molar-refractivity contribution >= 4 is 11.8 Å². The van der Waals surface area contributed by atoms with Gasteiger partial charge >= 0.3 is 0 Å². The number of carbonyl (C=O) groups is 2. The van der Waals surface area contributed by atoms with Crippen molar-refractivity contribution in [1.82, 2.24) is 10.6 Å². The van der Waals surface area contributed by atoms with Crippen molar-refractivity contribution in [3.63, 3.8) is 0 Å². The van der Waals surface area contributed by atoms with E-state index in [1.165, 1.54) is 0 Å². The topological polar surface area (TPSA) is 180 Å². The van der Waals surface area contributed by atoms with Crippen LogP contribution in [-0.2, 0) is 9.59 Å². The van der Waals surface area contributed by atoms with Crippen LogP contribution in [0.15, 0.2) is 0 Å². The van der Waals surface area contributed by atoms with Crippen LogP contribution in [0.25, 0.3) is 0 Å². The van der Waals surface area contributed by atoms with Gasteiger partial charge in [-0.05, 0) is 6.42 Å². The first kappa shape index (κ1) is 25.7. The Labute approximate surface area is 159 Å². The Hall–Kier alpha value is -1.30. The maximum atomic E-state index is 12.6. The highest BCUT2D eigenvalue weighted by Crippen LogP contribution is 2.16. The summed E-state index contributed by atoms with van der Waals surface area (Å²) in [5.41, 5.74) is -3.36. The van der Waals surface area contributed by atoms with Gasteiger partial charge < -0.3 is 41.3 Å². The number of amides is 2. The van der Waals surface area contributed by atoms with Crippen LogP contribution in [-0.4, -0.2) is 93.2 Å². The van der Waals surface area contributed by atoms with Gasteiger partial charge in [-0.15, -0.1) is 0 Å². The van der Waals surface area contributed by atoms with Crippen LogP contribution in [0.5, 0.6) is 0 Å². The number of aliphatic hydroxyl groups excluding tert-OH is 6. The molecular formula is C17H34N2O8. The van der Waals surface area contributed by atoms with Crippen LogP contribution < -0.4 is 10.6 Å². The van der Waals surface area contributed by atoms with E-state index in [0.29, 0.717) is 6.42 Å². The van der Waals surface area contributed by atoms with Gasteiger partial charge in [0.25, 0.3) is 0 Å². The smallest absolute Gasteiger partial charge is 0.233 e. The standard InChI is InChI=1S/C17H34N2O8/c1-2-3-4-5-6-13(14(26)18-16(7-20,8-21)9-22)15(27)19-17(10-23,11-24)12-25/h13,20-25H,2-12H2,1H3,(H,18,26)(H,19,27). The van der Waals surface area contributed by atoms with E-state index in [0.717, 1.165) is 19.3 Å². The number of hydrogen-bond acceptors (Lipinski definition) is 8. The number of rotatable bonds is 15. The van der Waals surface area contributed by atoms with Gasteiger partial charge in [0, 0.05) is 0 Å². The highest BCUT2D eigenvalue weighted by molar-refractivity contribution is 6.00. The summed E-state index contributed by atoms with van der Waals surface area (Å²) in [5, 5.41) is 60.8. The van der Waals surface area contributed by atoms with Gasteiger partial charge in [0.1, 0.15) is 17.0 Å². The molecule has 0 aliphatic rings. The summed E-state index contributed by atoms with van der Waals surface area (Å²) in [6.45, 7) is -2.39. The molecule has 0 heterocycles. The van der Waals surface area contributed by atoms with Crippen LogP contribution in [0, 0.1) is 5.92 Å². The number of aliphatic hydroxyl groups is 6. The Kier molecular flexibility index (Phi) is 12.4. The Morgan fingerprint density at radius 1 is 0.704 bits per heavy atom. The first-order valence-corrected chi connectivity index (χ1v) is 9.12. The zero-order chi connectivity index (χ0) is 20.9. The molecule has 8 N–H and O–H groups in total. The van der Waals surface area contributed by atoms with Crippen molar-refractivity contribution in [3.8, 4) is 0 Å². The molecule has 0 unspecified atom stereocenters. The number of carbonyl (C=O) groups excluding carboxylic acids is 2. The minimum Gasteiger partial charge on any atom is -0.394 e. The van der Waals surface area contributed by atoms with Gasteiger partial charge in [-0.25, -0.2) is 0 Å². The summed E-state index contributed by atoms with van der Waals surface area (Å²) >= 11 is 0. The van der Waals surface area contributed by atoms with E-state index >= 15 is 0 Å². The minimum atomic E-state index is -1.68. The molecule has 0 aromatic rings. The third kappa shape index (κ3) is 7.68. The molecule has 0 rings (SSSR count). The monoisotopic (exact) mass is 394 g/mol. The molecule has 0 spiro atoms. The van der Waals surface area contributed by atoms with E-state index in [1.54, 1.807) is 0 Å². The molecule has 0 aliphatic heterocycles. The second kappa shape index (κ2) is 13.0. The Balaban J connectivity index is 5.36. The molecule has 0 fully saturated rings. The SMILES string of the molecule is CCCCCCC(C(=O)NC(CO)(CO)CO)C(=O)NC(CO)(CO)CO. The summed E-state index contributed by atoms with van der Waals surface area (Å²) in [6, 6.07) is 0. The van der Waals surface area contributed by atoms with E-state index in [4.69, 9.17) is 0 Å². The van der Waals surface area contributed by atoms with Crippen LogP contribution in [0.3, 0.4) is 0 Å². The third-order valence-electron chi connectivity index (χ3n) is 4.57. The summed E-state index contributed by atoms with van der Waals surface area (Å²) in [5.74, 6) is -2.89. The fraction of sp³-hybridized carbons (Fsp3) is 0.882. The molecule has 2 amide bonds. The first-order valence-electron chi connectivity index (χ1n) is 9.12. The van der Waals surface area contributed by atoms with E-state index in [1.807, 2.05) is 6.92 Å². The quantitative estimate of drug-likeness (QED) is 0.109. The van der Waals surface area contributed by atoms with Crippen LogP contribution in [0.1, 0.15) is 39.0 Å². The highest BCUT2D eigenvalue weighted by atomic mass is 16.3. The molecule has 0 atom stereocenters. The number of hydrogen-bond donors (Lipinski definition) is 8. The minimum absolute atomic E-state index is 0.147. The van der Waals surface area contributed by atoms with E-state index < -0.39 is 68.5 Å². The third-order valence-corrected chi connectivity index (χ3v) is 4.57. The second-order valence-electron chi connectivity index (χ2n) is 6.89. The molecule has 160 valence electrons. The van der Waals surface area contributed by atoms with Crippen molar-refractivity contribution in [2.45, 2.75) is 50.1 Å². The first-order chi connectivity index (χ1) is 12.8. The summed E-state index contributed by atoms with van der Waals surface area (Å²) in [6.07, 6.45) is 3.35. The Morgan fingerprint density at radius 3 is 1.37 bits per heavy atom. The van der Waals surface area contributed by atoms with Crippen molar-refractivity contribution in [2.75, 3.05) is 39.6 Å². The highest BCUT2D eigenvalue weighted by Gasteiger charge is 2.38. The average Bonchev–Trinajstić information content (AvgIpc) is 2.70. The Bertz CT molecular complexity index is 388. The van der Waals surface area contributed by atoms with Gasteiger partial charge in [0.05, 0.1) is 39.6 Å². The summed E-state index contributed by atoms with van der Waals surface area (Å²) in [4.78, 5) is 25.2. The molecule has 0 saturated heterocycles. The second-order valence-corrected chi connectivity index (χ2v) is 6.89. The zero-order valence-electron chi connectivity index (χ0n) is 15.9. The Morgan fingerprint density at radius 2 is 1.07 bits per heavy atom. The average molecular weight is 394 g/mol. The van der Waals surface area contributed by atoms with Gasteiger partial charge in [0.15, 0.2) is 0 Å². The lowest BCUT2D eigenvalue weighted by atomic mass is 9.94. The molecule has 0 aromatic carbocycles. The van der Waals surface area contributed by atoms with Gasteiger partial charge in [-0.1, -0.05) is 32.6 Å². The maximum Gasteiger partial charge on any atom is 0.233 e. The fourth-order valence-electron chi connectivity index (χ4n) is 2.39. The molecule has 0 aliphatic carbocycles. The zero-order valence-corrected chi connectivity index (χ0v) is 15.9. The summed E-state index contributed by atoms with van der Waals surface area (Å²) < 4.78 is 0. The largest absolute Gasteiger partial charge is 0.394 e. The molecule has 10 heteroatoms. The van der Waals surface area contributed by atoms with Gasteiger partial charge in [0.2, 0.25) is 11.8 Å². The summed E-state index contributed by atoms with van der Waals surface area (Å²) in [7, 11) is 0. The van der Waals surface area contributed by atoms with Crippen molar-refractivity contribution < 1.29 is 40.2 Å². The van der Waals surface area contributed by atoms with Crippen LogP contribution in [0.4, 0.5) is 0 Å². The fourth-order valence-corrected chi connectivity index (χ4v) is 2.39. The van der Waals surface area contributed by atoms with E-state index in [2.05, 4.69) is 10.6 Å². The van der Waals surface area contributed by atoms with Gasteiger partial charge in [-0.3, -0.25) is 9.59 Å². The van der Waals surface area contributed by atoms with E-state index in [-0.39, 0.29) is 6.42 Å². The van der Waals surface area contributed by atoms with Crippen molar-refractivity contribution in [3.05, 3.63) is 0 Å². The molecule has 0 aromatic heterocycles. The normalized spacial score (nSPS) is 12.3. The number of nitrogens with one attached hydrogen (secondary N) is 2. The molecule has 27 heavy (non-hydrogen) atoms. The number of unbranched alkanes of at least 4 members (excludes halogenated alkanes) is 3. The lowest BCUT2D eigenvalue weighted by molar-refractivity contribution is -0.140. The van der Waals surface area contributed by atoms with Gasteiger partial charge in [-0.2, -0.15) is 0 Å². The molecule has 0 bridgehead atoms. The lowest BCUT2D eigenvalue weighted by Gasteiger charge is -2.33. The van der Waals surface area contributed by atoms with E-state index in [9.17, 15) is 40.2 Å². The van der Waals surface area contributed by atoms with Crippen molar-refractivity contribution in [2.24, 2.45) is 5.92 Å². The lowest BCUT2D eigenvalue weighted by Crippen LogP contribution is -2.62. The predicted octanol–water partition coefficient (Wildman–Crippen LogP) is -2.76.